The van der Waals surface area contributed by atoms with Crippen LogP contribution in [0.15, 0.2) is 48.7 Å². The first-order valence-electron chi connectivity index (χ1n) is 8.49. The summed E-state index contributed by atoms with van der Waals surface area (Å²) in [6.07, 6.45) is 2.59. The van der Waals surface area contributed by atoms with Gasteiger partial charge in [-0.2, -0.15) is 0 Å². The van der Waals surface area contributed by atoms with E-state index in [0.29, 0.717) is 27.3 Å². The molecule has 5 nitrogen and oxygen atoms in total. The molecule has 28 heavy (non-hydrogen) atoms. The van der Waals surface area contributed by atoms with Gasteiger partial charge in [0.1, 0.15) is 11.5 Å². The number of nitrogens with one attached hydrogen (secondary N) is 1. The number of aromatic nitrogens is 1. The lowest BCUT2D eigenvalue weighted by Crippen LogP contribution is -2.14. The van der Waals surface area contributed by atoms with Crippen molar-refractivity contribution in [1.82, 2.24) is 4.98 Å². The highest BCUT2D eigenvalue weighted by Gasteiger charge is 2.09. The average Bonchev–Trinajstić information content (AvgIpc) is 3.11. The fraction of sp³-hybridized carbons (Fsp3) is 0.200. The Morgan fingerprint density at radius 2 is 1.89 bits per heavy atom. The lowest BCUT2D eigenvalue weighted by molar-refractivity contribution is -0.116. The summed E-state index contributed by atoms with van der Waals surface area (Å²) < 4.78 is 10.7. The zero-order chi connectivity index (χ0) is 19.9. The van der Waals surface area contributed by atoms with Crippen molar-refractivity contribution in [3.63, 3.8) is 0 Å². The molecule has 0 radical (unpaired) electrons. The molecular weight excluding hydrogens is 419 g/mol. The summed E-state index contributed by atoms with van der Waals surface area (Å²) in [4.78, 5) is 17.3. The number of carbonyl (C=O) groups excluding carboxylic acids is 1. The fourth-order valence-electron chi connectivity index (χ4n) is 2.42. The van der Waals surface area contributed by atoms with Crippen LogP contribution in [0.1, 0.15) is 16.9 Å². The van der Waals surface area contributed by atoms with Crippen molar-refractivity contribution in [2.24, 2.45) is 0 Å². The normalized spacial score (nSPS) is 10.5. The molecule has 1 amide bonds. The van der Waals surface area contributed by atoms with Crippen LogP contribution in [0.4, 0.5) is 5.13 Å². The highest BCUT2D eigenvalue weighted by atomic mass is 35.5. The van der Waals surface area contributed by atoms with Crippen LogP contribution < -0.4 is 14.8 Å². The van der Waals surface area contributed by atoms with E-state index < -0.39 is 0 Å². The molecular formula is C20H18Cl2N2O3S. The molecule has 146 valence electrons. The molecule has 8 heteroatoms. The number of amides is 1. The number of anilines is 1. The smallest absolute Gasteiger partial charge is 0.229 e. The van der Waals surface area contributed by atoms with Gasteiger partial charge in [-0.3, -0.25) is 4.79 Å². The van der Waals surface area contributed by atoms with Crippen molar-refractivity contribution in [1.29, 1.82) is 0 Å². The summed E-state index contributed by atoms with van der Waals surface area (Å²) in [6, 6.07) is 12.6. The van der Waals surface area contributed by atoms with Gasteiger partial charge >= 0.3 is 0 Å². The quantitative estimate of drug-likeness (QED) is 0.509. The van der Waals surface area contributed by atoms with E-state index >= 15 is 0 Å². The number of methoxy groups -OCH3 is 1. The molecule has 2 aromatic carbocycles. The van der Waals surface area contributed by atoms with E-state index in [1.165, 1.54) is 11.3 Å². The Balaban J connectivity index is 1.46. The molecule has 1 N–H and O–H groups in total. The maximum Gasteiger partial charge on any atom is 0.229 e. The third-order valence-corrected chi connectivity index (χ3v) is 5.34. The summed E-state index contributed by atoms with van der Waals surface area (Å²) in [5, 5.41) is 4.55. The second kappa shape index (κ2) is 9.78. The molecule has 0 aliphatic heterocycles. The monoisotopic (exact) mass is 436 g/mol. The summed E-state index contributed by atoms with van der Waals surface area (Å²) >= 11 is 13.5. The van der Waals surface area contributed by atoms with Crippen molar-refractivity contribution < 1.29 is 14.3 Å². The topological polar surface area (TPSA) is 60.5 Å². The number of halogens is 2. The van der Waals surface area contributed by atoms with Crippen molar-refractivity contribution in [3.8, 4) is 11.5 Å². The minimum absolute atomic E-state index is 0.154. The van der Waals surface area contributed by atoms with Gasteiger partial charge in [0.15, 0.2) is 5.13 Å². The number of ether oxygens (including phenoxy) is 2. The van der Waals surface area contributed by atoms with Crippen molar-refractivity contribution in [2.45, 2.75) is 12.8 Å². The number of hydrogen-bond acceptors (Lipinski definition) is 5. The number of hydrogen-bond donors (Lipinski definition) is 1. The van der Waals surface area contributed by atoms with Crippen LogP contribution in [0.5, 0.6) is 11.5 Å². The Hall–Kier alpha value is -2.28. The molecule has 0 aliphatic rings. The van der Waals surface area contributed by atoms with E-state index in [2.05, 4.69) is 10.3 Å². The lowest BCUT2D eigenvalue weighted by atomic mass is 10.1. The summed E-state index contributed by atoms with van der Waals surface area (Å²) in [5.41, 5.74) is 0.959. The van der Waals surface area contributed by atoms with Crippen LogP contribution in [-0.2, 0) is 11.2 Å². The molecule has 1 aromatic heterocycles. The maximum atomic E-state index is 12.1. The third-order valence-electron chi connectivity index (χ3n) is 3.84. The third kappa shape index (κ3) is 5.86. The fourth-order valence-corrected chi connectivity index (χ4v) is 3.74. The largest absolute Gasteiger partial charge is 0.497 e. The van der Waals surface area contributed by atoms with Crippen LogP contribution in [0.2, 0.25) is 10.0 Å². The second-order valence-electron chi connectivity index (χ2n) is 5.87. The van der Waals surface area contributed by atoms with Crippen LogP contribution in [0.3, 0.4) is 0 Å². The van der Waals surface area contributed by atoms with Gasteiger partial charge in [-0.25, -0.2) is 4.98 Å². The predicted molar refractivity (Wildman–Crippen MR) is 113 cm³/mol. The zero-order valence-corrected chi connectivity index (χ0v) is 17.4. The Kier molecular flexibility index (Phi) is 7.14. The first-order chi connectivity index (χ1) is 13.5. The van der Waals surface area contributed by atoms with Crippen LogP contribution in [0.25, 0.3) is 0 Å². The number of thiazole rings is 1. The van der Waals surface area contributed by atoms with Crippen LogP contribution in [0, 0.1) is 0 Å². The van der Waals surface area contributed by atoms with Gasteiger partial charge < -0.3 is 14.8 Å². The number of rotatable bonds is 8. The second-order valence-corrected chi connectivity index (χ2v) is 7.83. The lowest BCUT2D eigenvalue weighted by Gasteiger charge is -2.06. The van der Waals surface area contributed by atoms with Gasteiger partial charge in [0.05, 0.1) is 20.1 Å². The molecule has 0 atom stereocenters. The van der Waals surface area contributed by atoms with Crippen LogP contribution >= 0.6 is 34.5 Å². The summed E-state index contributed by atoms with van der Waals surface area (Å²) in [6.45, 7) is 0.275. The number of carbonyl (C=O) groups is 1. The summed E-state index contributed by atoms with van der Waals surface area (Å²) in [7, 11) is 1.61. The van der Waals surface area contributed by atoms with Gasteiger partial charge in [0.2, 0.25) is 5.91 Å². The van der Waals surface area contributed by atoms with Gasteiger partial charge in [-0.1, -0.05) is 29.3 Å². The minimum atomic E-state index is -0.154. The maximum absolute atomic E-state index is 12.1. The molecule has 0 fully saturated rings. The molecule has 1 heterocycles. The Morgan fingerprint density at radius 3 is 2.61 bits per heavy atom. The highest BCUT2D eigenvalue weighted by molar-refractivity contribution is 7.15. The van der Waals surface area contributed by atoms with Crippen molar-refractivity contribution >= 4 is 45.6 Å². The number of nitrogens with zero attached hydrogens (tertiary/aromatic N) is 1. The van der Waals surface area contributed by atoms with E-state index in [1.54, 1.807) is 49.7 Å². The van der Waals surface area contributed by atoms with E-state index in [4.69, 9.17) is 32.7 Å². The Labute approximate surface area is 177 Å². The average molecular weight is 437 g/mol. The van der Waals surface area contributed by atoms with E-state index in [1.807, 2.05) is 6.07 Å². The molecule has 0 saturated carbocycles. The molecule has 0 saturated heterocycles. The predicted octanol–water partition coefficient (Wildman–Crippen LogP) is 5.46. The molecule has 0 unspecified atom stereocenters. The minimum Gasteiger partial charge on any atom is -0.497 e. The SMILES string of the molecule is COc1ccc(OCCC(=O)Nc2ncc(Cc3ccc(Cl)cc3Cl)s2)cc1. The van der Waals surface area contributed by atoms with Gasteiger partial charge in [0, 0.05) is 27.5 Å². The molecule has 3 rings (SSSR count). The Bertz CT molecular complexity index is 945. The van der Waals surface area contributed by atoms with Crippen LogP contribution in [-0.4, -0.2) is 24.6 Å². The zero-order valence-electron chi connectivity index (χ0n) is 15.1. The molecule has 3 aromatic rings. The highest BCUT2D eigenvalue weighted by Crippen LogP contribution is 2.27. The van der Waals surface area contributed by atoms with Gasteiger partial charge in [-0.15, -0.1) is 11.3 Å². The van der Waals surface area contributed by atoms with E-state index in [9.17, 15) is 4.79 Å². The standard InChI is InChI=1S/C20H18Cl2N2O3S/c1-26-15-4-6-16(7-5-15)27-9-8-19(25)24-20-23-12-17(28-20)10-13-2-3-14(21)11-18(13)22/h2-7,11-12H,8-10H2,1H3,(H,23,24,25). The van der Waals surface area contributed by atoms with Crippen molar-refractivity contribution in [3.05, 3.63) is 69.1 Å². The molecule has 0 bridgehead atoms. The first kappa shape index (κ1) is 20.5. The Morgan fingerprint density at radius 1 is 1.14 bits per heavy atom. The van der Waals surface area contributed by atoms with E-state index in [-0.39, 0.29) is 18.9 Å². The molecule has 0 aliphatic carbocycles. The first-order valence-corrected chi connectivity index (χ1v) is 10.1. The number of benzene rings is 2. The van der Waals surface area contributed by atoms with Gasteiger partial charge in [0.25, 0.3) is 0 Å². The van der Waals surface area contributed by atoms with Gasteiger partial charge in [-0.05, 0) is 42.0 Å². The summed E-state index contributed by atoms with van der Waals surface area (Å²) in [5.74, 6) is 1.29. The van der Waals surface area contributed by atoms with Crippen molar-refractivity contribution in [2.75, 3.05) is 19.0 Å². The molecule has 0 spiro atoms. The van der Waals surface area contributed by atoms with E-state index in [0.717, 1.165) is 16.2 Å².